The summed E-state index contributed by atoms with van der Waals surface area (Å²) in [6.07, 6.45) is 3.69. The number of hydrogen-bond acceptors (Lipinski definition) is 6. The molecule has 0 saturated carbocycles. The first-order valence-corrected chi connectivity index (χ1v) is 10.7. The SMILES string of the molecule is COC(=O)c1ccc(C2C(C(=O)/C=C/c3ccccc3)=C(O)C(=O)N2CCCN(C)C)cc1. The van der Waals surface area contributed by atoms with Crippen LogP contribution in [0.3, 0.4) is 0 Å². The highest BCUT2D eigenvalue weighted by Crippen LogP contribution is 2.38. The first-order valence-electron chi connectivity index (χ1n) is 10.7. The summed E-state index contributed by atoms with van der Waals surface area (Å²) in [6.45, 7) is 1.11. The summed E-state index contributed by atoms with van der Waals surface area (Å²) in [7, 11) is 5.18. The van der Waals surface area contributed by atoms with Gasteiger partial charge in [0.1, 0.15) is 0 Å². The highest BCUT2D eigenvalue weighted by molar-refractivity contribution is 6.14. The summed E-state index contributed by atoms with van der Waals surface area (Å²) < 4.78 is 4.75. The number of nitrogens with zero attached hydrogens (tertiary/aromatic N) is 2. The first-order chi connectivity index (χ1) is 15.8. The second-order valence-corrected chi connectivity index (χ2v) is 8.04. The number of rotatable bonds is 9. The van der Waals surface area contributed by atoms with E-state index in [1.165, 1.54) is 18.1 Å². The van der Waals surface area contributed by atoms with Gasteiger partial charge in [0.05, 0.1) is 24.3 Å². The van der Waals surface area contributed by atoms with E-state index in [1.54, 1.807) is 30.3 Å². The Morgan fingerprint density at radius 2 is 1.76 bits per heavy atom. The summed E-state index contributed by atoms with van der Waals surface area (Å²) in [4.78, 5) is 41.4. The van der Waals surface area contributed by atoms with Crippen LogP contribution in [0.15, 0.2) is 72.0 Å². The Morgan fingerprint density at radius 1 is 1.09 bits per heavy atom. The van der Waals surface area contributed by atoms with Crippen LogP contribution in [0.5, 0.6) is 0 Å². The molecule has 0 aromatic heterocycles. The van der Waals surface area contributed by atoms with Gasteiger partial charge >= 0.3 is 5.97 Å². The van der Waals surface area contributed by atoms with Crippen molar-refractivity contribution in [3.05, 3.63) is 88.7 Å². The Morgan fingerprint density at radius 3 is 2.36 bits per heavy atom. The minimum Gasteiger partial charge on any atom is -0.503 e. The third kappa shape index (κ3) is 5.56. The van der Waals surface area contributed by atoms with Crippen LogP contribution in [0.4, 0.5) is 0 Å². The van der Waals surface area contributed by atoms with Gasteiger partial charge in [-0.1, -0.05) is 48.5 Å². The zero-order chi connectivity index (χ0) is 24.0. The molecule has 0 spiro atoms. The lowest BCUT2D eigenvalue weighted by atomic mass is 9.94. The fraction of sp³-hybridized carbons (Fsp3) is 0.269. The lowest BCUT2D eigenvalue weighted by molar-refractivity contribution is -0.129. The standard InChI is InChI=1S/C26H28N2O5/c1-27(2)16-7-17-28-23(19-11-13-20(14-12-19)26(32)33-3)22(24(30)25(28)31)21(29)15-10-18-8-5-4-6-9-18/h4-6,8-15,23,30H,7,16-17H2,1-3H3/b15-10+. The number of hydrogen-bond donors (Lipinski definition) is 1. The van der Waals surface area contributed by atoms with E-state index in [4.69, 9.17) is 4.74 Å². The van der Waals surface area contributed by atoms with Crippen LogP contribution in [-0.4, -0.2) is 66.9 Å². The smallest absolute Gasteiger partial charge is 0.337 e. The molecule has 2 aromatic carbocycles. The van der Waals surface area contributed by atoms with Crippen LogP contribution in [0, 0.1) is 0 Å². The maximum Gasteiger partial charge on any atom is 0.337 e. The minimum atomic E-state index is -0.751. The number of aliphatic hydroxyl groups excluding tert-OH is 1. The number of amides is 1. The van der Waals surface area contributed by atoms with Gasteiger partial charge in [0.2, 0.25) is 0 Å². The lowest BCUT2D eigenvalue weighted by Crippen LogP contribution is -2.33. The van der Waals surface area contributed by atoms with Crippen molar-refractivity contribution in [1.29, 1.82) is 0 Å². The summed E-state index contributed by atoms with van der Waals surface area (Å²) in [5.41, 5.74) is 1.84. The summed E-state index contributed by atoms with van der Waals surface area (Å²) in [5.74, 6) is -2.04. The molecule has 2 aromatic rings. The van der Waals surface area contributed by atoms with Gasteiger partial charge < -0.3 is 19.6 Å². The Balaban J connectivity index is 1.95. The monoisotopic (exact) mass is 448 g/mol. The molecule has 1 atom stereocenters. The van der Waals surface area contributed by atoms with Crippen LogP contribution in [-0.2, 0) is 14.3 Å². The number of methoxy groups -OCH3 is 1. The van der Waals surface area contributed by atoms with Gasteiger partial charge in [-0.15, -0.1) is 0 Å². The topological polar surface area (TPSA) is 87.2 Å². The molecule has 7 nitrogen and oxygen atoms in total. The number of allylic oxidation sites excluding steroid dienone is 1. The van der Waals surface area contributed by atoms with E-state index in [-0.39, 0.29) is 5.57 Å². The lowest BCUT2D eigenvalue weighted by Gasteiger charge is -2.27. The number of carbonyl (C=O) groups excluding carboxylic acids is 3. The van der Waals surface area contributed by atoms with Crippen molar-refractivity contribution in [2.45, 2.75) is 12.5 Å². The van der Waals surface area contributed by atoms with Crippen molar-refractivity contribution < 1.29 is 24.2 Å². The van der Waals surface area contributed by atoms with Gasteiger partial charge in [-0.05, 0) is 56.4 Å². The van der Waals surface area contributed by atoms with Crippen LogP contribution in [0.2, 0.25) is 0 Å². The molecule has 3 rings (SSSR count). The largest absolute Gasteiger partial charge is 0.503 e. The highest BCUT2D eigenvalue weighted by Gasteiger charge is 2.42. The maximum atomic E-state index is 13.1. The highest BCUT2D eigenvalue weighted by atomic mass is 16.5. The Labute approximate surface area is 193 Å². The Kier molecular flexibility index (Phi) is 7.79. The van der Waals surface area contributed by atoms with Crippen molar-refractivity contribution in [3.63, 3.8) is 0 Å². The molecular weight excluding hydrogens is 420 g/mol. The molecule has 0 fully saturated rings. The van der Waals surface area contributed by atoms with E-state index >= 15 is 0 Å². The van der Waals surface area contributed by atoms with Gasteiger partial charge in [0.25, 0.3) is 5.91 Å². The van der Waals surface area contributed by atoms with E-state index in [1.807, 2.05) is 49.3 Å². The predicted octanol–water partition coefficient (Wildman–Crippen LogP) is 3.40. The molecule has 1 heterocycles. The number of aliphatic hydroxyl groups is 1. The van der Waals surface area contributed by atoms with Gasteiger partial charge in [-0.3, -0.25) is 9.59 Å². The molecule has 1 aliphatic heterocycles. The molecule has 0 radical (unpaired) electrons. The third-order valence-corrected chi connectivity index (χ3v) is 5.45. The number of benzene rings is 2. The molecule has 1 unspecified atom stereocenters. The fourth-order valence-corrected chi connectivity index (χ4v) is 3.78. The van der Waals surface area contributed by atoms with Crippen molar-refractivity contribution in [2.24, 2.45) is 0 Å². The van der Waals surface area contributed by atoms with Crippen LogP contribution in [0.25, 0.3) is 6.08 Å². The van der Waals surface area contributed by atoms with Crippen molar-refractivity contribution >= 4 is 23.7 Å². The van der Waals surface area contributed by atoms with Crippen molar-refractivity contribution in [2.75, 3.05) is 34.3 Å². The number of ketones is 1. The average Bonchev–Trinajstić information content (AvgIpc) is 3.07. The molecule has 1 N–H and O–H groups in total. The molecule has 0 saturated heterocycles. The zero-order valence-electron chi connectivity index (χ0n) is 19.0. The van der Waals surface area contributed by atoms with Crippen molar-refractivity contribution in [1.82, 2.24) is 9.80 Å². The molecule has 1 aliphatic rings. The second kappa shape index (κ2) is 10.7. The van der Waals surface area contributed by atoms with E-state index in [0.717, 1.165) is 12.1 Å². The molecule has 33 heavy (non-hydrogen) atoms. The summed E-state index contributed by atoms with van der Waals surface area (Å²) in [5, 5.41) is 10.7. The molecule has 7 heteroatoms. The quantitative estimate of drug-likeness (QED) is 0.467. The third-order valence-electron chi connectivity index (χ3n) is 5.45. The summed E-state index contributed by atoms with van der Waals surface area (Å²) in [6, 6.07) is 15.1. The van der Waals surface area contributed by atoms with E-state index in [0.29, 0.717) is 24.1 Å². The van der Waals surface area contributed by atoms with Crippen LogP contribution in [0.1, 0.15) is 33.9 Å². The Bertz CT molecular complexity index is 1070. The molecule has 1 amide bonds. The molecular formula is C26H28N2O5. The average molecular weight is 449 g/mol. The molecule has 0 bridgehead atoms. The predicted molar refractivity (Wildman–Crippen MR) is 126 cm³/mol. The van der Waals surface area contributed by atoms with Gasteiger partial charge in [0, 0.05) is 6.54 Å². The molecule has 0 aliphatic carbocycles. The van der Waals surface area contributed by atoms with Gasteiger partial charge in [0.15, 0.2) is 11.5 Å². The van der Waals surface area contributed by atoms with Crippen molar-refractivity contribution in [3.8, 4) is 0 Å². The first kappa shape index (κ1) is 23.9. The van der Waals surface area contributed by atoms with Gasteiger partial charge in [-0.25, -0.2) is 4.79 Å². The fourth-order valence-electron chi connectivity index (χ4n) is 3.78. The van der Waals surface area contributed by atoms with Crippen LogP contribution >= 0.6 is 0 Å². The van der Waals surface area contributed by atoms with E-state index < -0.39 is 29.5 Å². The second-order valence-electron chi connectivity index (χ2n) is 8.04. The molecule has 172 valence electrons. The minimum absolute atomic E-state index is 0.0304. The number of esters is 1. The normalized spacial score (nSPS) is 16.2. The maximum absolute atomic E-state index is 13.1. The van der Waals surface area contributed by atoms with E-state index in [2.05, 4.69) is 0 Å². The summed E-state index contributed by atoms with van der Waals surface area (Å²) >= 11 is 0. The van der Waals surface area contributed by atoms with Crippen LogP contribution < -0.4 is 0 Å². The van der Waals surface area contributed by atoms with E-state index in [9.17, 15) is 19.5 Å². The number of carbonyl (C=O) groups is 3. The zero-order valence-corrected chi connectivity index (χ0v) is 19.0. The Hall–Kier alpha value is -3.71. The number of ether oxygens (including phenoxy) is 1. The van der Waals surface area contributed by atoms with Gasteiger partial charge in [-0.2, -0.15) is 0 Å².